The molecule has 24 heavy (non-hydrogen) atoms. The first-order chi connectivity index (χ1) is 11.7. The molecule has 4 heteroatoms. The van der Waals surface area contributed by atoms with Crippen LogP contribution in [0.3, 0.4) is 0 Å². The Kier molecular flexibility index (Phi) is 4.75. The number of rotatable bonds is 5. The number of aryl methyl sites for hydroxylation is 2. The van der Waals surface area contributed by atoms with Gasteiger partial charge in [-0.05, 0) is 62.2 Å². The summed E-state index contributed by atoms with van der Waals surface area (Å²) in [6.45, 7) is 7.16. The Balaban J connectivity index is 1.86. The molecule has 0 amide bonds. The van der Waals surface area contributed by atoms with Gasteiger partial charge in [0.2, 0.25) is 5.95 Å². The van der Waals surface area contributed by atoms with Crippen LogP contribution in [0.4, 0.5) is 23.1 Å². The molecule has 0 aliphatic carbocycles. The van der Waals surface area contributed by atoms with E-state index in [0.29, 0.717) is 5.95 Å². The Morgan fingerprint density at radius 3 is 2.46 bits per heavy atom. The summed E-state index contributed by atoms with van der Waals surface area (Å²) in [5, 5.41) is 3.29. The molecule has 1 heterocycles. The van der Waals surface area contributed by atoms with Gasteiger partial charge in [-0.25, -0.2) is 4.98 Å². The molecule has 0 saturated heterocycles. The van der Waals surface area contributed by atoms with Crippen LogP contribution in [0.5, 0.6) is 0 Å². The topological polar surface area (TPSA) is 41.1 Å². The van der Waals surface area contributed by atoms with E-state index >= 15 is 0 Å². The van der Waals surface area contributed by atoms with Gasteiger partial charge >= 0.3 is 0 Å². The summed E-state index contributed by atoms with van der Waals surface area (Å²) in [7, 11) is 0. The fraction of sp³-hybridized carbons (Fsp3) is 0.200. The second-order valence-electron chi connectivity index (χ2n) is 5.74. The fourth-order valence-electron chi connectivity index (χ4n) is 2.59. The molecule has 0 spiro atoms. The minimum atomic E-state index is 0.602. The number of hydrogen-bond acceptors (Lipinski definition) is 4. The van der Waals surface area contributed by atoms with Gasteiger partial charge in [0, 0.05) is 24.1 Å². The maximum Gasteiger partial charge on any atom is 0.229 e. The average molecular weight is 318 g/mol. The van der Waals surface area contributed by atoms with Gasteiger partial charge in [0.15, 0.2) is 0 Å². The van der Waals surface area contributed by atoms with E-state index in [-0.39, 0.29) is 0 Å². The standard InChI is InChI=1S/C20H22N4/c1-4-24(18-8-6-5-7-9-18)19-12-13-21-20(23-19)22-17-11-10-15(2)16(3)14-17/h5-14H,4H2,1-3H3,(H,21,22,23). The molecule has 0 fully saturated rings. The normalized spacial score (nSPS) is 10.5. The van der Waals surface area contributed by atoms with Crippen molar-refractivity contribution in [2.24, 2.45) is 0 Å². The third-order valence-electron chi connectivity index (χ3n) is 4.06. The monoisotopic (exact) mass is 318 g/mol. The maximum absolute atomic E-state index is 4.67. The van der Waals surface area contributed by atoms with Gasteiger partial charge in [-0.3, -0.25) is 0 Å². The van der Waals surface area contributed by atoms with Gasteiger partial charge in [0.05, 0.1) is 0 Å². The fourth-order valence-corrected chi connectivity index (χ4v) is 2.59. The SMILES string of the molecule is CCN(c1ccccc1)c1ccnc(Nc2ccc(C)c(C)c2)n1. The molecule has 3 aromatic rings. The number of nitrogens with one attached hydrogen (secondary N) is 1. The van der Waals surface area contributed by atoms with Crippen LogP contribution in [0.25, 0.3) is 0 Å². The number of para-hydroxylation sites is 1. The zero-order valence-corrected chi connectivity index (χ0v) is 14.3. The first-order valence-electron chi connectivity index (χ1n) is 8.17. The molecule has 0 aliphatic rings. The van der Waals surface area contributed by atoms with Gasteiger partial charge in [-0.1, -0.05) is 24.3 Å². The highest BCUT2D eigenvalue weighted by atomic mass is 15.2. The third-order valence-corrected chi connectivity index (χ3v) is 4.06. The van der Waals surface area contributed by atoms with Crippen LogP contribution in [-0.2, 0) is 0 Å². The van der Waals surface area contributed by atoms with E-state index in [1.165, 1.54) is 11.1 Å². The molecular formula is C20H22N4. The van der Waals surface area contributed by atoms with Crippen LogP contribution in [0.1, 0.15) is 18.1 Å². The quantitative estimate of drug-likeness (QED) is 0.719. The number of aromatic nitrogens is 2. The molecule has 1 N–H and O–H groups in total. The average Bonchev–Trinajstić information content (AvgIpc) is 2.60. The van der Waals surface area contributed by atoms with Crippen molar-refractivity contribution in [2.75, 3.05) is 16.8 Å². The lowest BCUT2D eigenvalue weighted by atomic mass is 10.1. The van der Waals surface area contributed by atoms with Crippen LogP contribution < -0.4 is 10.2 Å². The van der Waals surface area contributed by atoms with E-state index in [1.807, 2.05) is 30.3 Å². The van der Waals surface area contributed by atoms with Crippen molar-refractivity contribution >= 4 is 23.1 Å². The van der Waals surface area contributed by atoms with Crippen LogP contribution in [0.15, 0.2) is 60.8 Å². The molecule has 0 bridgehead atoms. The second-order valence-corrected chi connectivity index (χ2v) is 5.74. The summed E-state index contributed by atoms with van der Waals surface area (Å²) in [4.78, 5) is 11.2. The molecule has 0 unspecified atom stereocenters. The van der Waals surface area contributed by atoms with E-state index < -0.39 is 0 Å². The summed E-state index contributed by atoms with van der Waals surface area (Å²) in [5.41, 5.74) is 4.64. The second kappa shape index (κ2) is 7.13. The minimum Gasteiger partial charge on any atom is -0.327 e. The first kappa shape index (κ1) is 16.0. The number of nitrogens with zero attached hydrogens (tertiary/aromatic N) is 3. The Hall–Kier alpha value is -2.88. The van der Waals surface area contributed by atoms with E-state index in [1.54, 1.807) is 6.20 Å². The largest absolute Gasteiger partial charge is 0.327 e. The van der Waals surface area contributed by atoms with E-state index in [2.05, 4.69) is 65.2 Å². The zero-order chi connectivity index (χ0) is 16.9. The zero-order valence-electron chi connectivity index (χ0n) is 14.3. The molecule has 122 valence electrons. The Labute approximate surface area is 143 Å². The van der Waals surface area contributed by atoms with Crippen LogP contribution >= 0.6 is 0 Å². The summed E-state index contributed by atoms with van der Waals surface area (Å²) in [5.74, 6) is 1.48. The predicted octanol–water partition coefficient (Wildman–Crippen LogP) is 5.00. The smallest absolute Gasteiger partial charge is 0.229 e. The van der Waals surface area contributed by atoms with Crippen molar-refractivity contribution in [1.82, 2.24) is 9.97 Å². The maximum atomic E-state index is 4.67. The lowest BCUT2D eigenvalue weighted by molar-refractivity contribution is 0.979. The molecule has 0 atom stereocenters. The molecule has 1 aromatic heterocycles. The minimum absolute atomic E-state index is 0.602. The van der Waals surface area contributed by atoms with Crippen molar-refractivity contribution in [1.29, 1.82) is 0 Å². The highest BCUT2D eigenvalue weighted by molar-refractivity contribution is 5.62. The van der Waals surface area contributed by atoms with Crippen molar-refractivity contribution < 1.29 is 0 Å². The van der Waals surface area contributed by atoms with E-state index in [4.69, 9.17) is 0 Å². The lowest BCUT2D eigenvalue weighted by Gasteiger charge is -2.22. The van der Waals surface area contributed by atoms with Gasteiger partial charge in [-0.2, -0.15) is 4.98 Å². The first-order valence-corrected chi connectivity index (χ1v) is 8.17. The molecule has 2 aromatic carbocycles. The Morgan fingerprint density at radius 1 is 0.958 bits per heavy atom. The Morgan fingerprint density at radius 2 is 1.75 bits per heavy atom. The van der Waals surface area contributed by atoms with Crippen LogP contribution in [0, 0.1) is 13.8 Å². The van der Waals surface area contributed by atoms with Gasteiger partial charge < -0.3 is 10.2 Å². The highest BCUT2D eigenvalue weighted by Crippen LogP contribution is 2.24. The number of anilines is 4. The summed E-state index contributed by atoms with van der Waals surface area (Å²) in [6.07, 6.45) is 1.79. The van der Waals surface area contributed by atoms with E-state index in [0.717, 1.165) is 23.7 Å². The molecule has 0 aliphatic heterocycles. The molecule has 0 saturated carbocycles. The van der Waals surface area contributed by atoms with Crippen molar-refractivity contribution in [3.05, 3.63) is 71.9 Å². The van der Waals surface area contributed by atoms with Crippen molar-refractivity contribution in [3.8, 4) is 0 Å². The van der Waals surface area contributed by atoms with Crippen LogP contribution in [-0.4, -0.2) is 16.5 Å². The predicted molar refractivity (Wildman–Crippen MR) is 100 cm³/mol. The molecule has 0 radical (unpaired) electrons. The Bertz CT molecular complexity index is 815. The van der Waals surface area contributed by atoms with Gasteiger partial charge in [-0.15, -0.1) is 0 Å². The highest BCUT2D eigenvalue weighted by Gasteiger charge is 2.09. The molecule has 4 nitrogen and oxygen atoms in total. The van der Waals surface area contributed by atoms with E-state index in [9.17, 15) is 0 Å². The summed E-state index contributed by atoms with van der Waals surface area (Å²) < 4.78 is 0. The van der Waals surface area contributed by atoms with Crippen molar-refractivity contribution in [3.63, 3.8) is 0 Å². The van der Waals surface area contributed by atoms with Crippen molar-refractivity contribution in [2.45, 2.75) is 20.8 Å². The summed E-state index contributed by atoms with van der Waals surface area (Å²) >= 11 is 0. The van der Waals surface area contributed by atoms with Gasteiger partial charge in [0.1, 0.15) is 5.82 Å². The number of hydrogen-bond donors (Lipinski definition) is 1. The van der Waals surface area contributed by atoms with Gasteiger partial charge in [0.25, 0.3) is 0 Å². The summed E-state index contributed by atoms with van der Waals surface area (Å²) in [6, 6.07) is 18.5. The third kappa shape index (κ3) is 3.54. The number of benzene rings is 2. The lowest BCUT2D eigenvalue weighted by Crippen LogP contribution is -2.17. The molecular weight excluding hydrogens is 296 g/mol. The molecule has 3 rings (SSSR count). The van der Waals surface area contributed by atoms with Crippen LogP contribution in [0.2, 0.25) is 0 Å².